The van der Waals surface area contributed by atoms with Crippen LogP contribution in [0.3, 0.4) is 0 Å². The van der Waals surface area contributed by atoms with Crippen molar-refractivity contribution < 1.29 is 13.6 Å². The van der Waals surface area contributed by atoms with Crippen molar-refractivity contribution in [2.45, 2.75) is 26.3 Å². The lowest BCUT2D eigenvalue weighted by molar-refractivity contribution is 0.0593. The number of nitrogens with zero attached hydrogens (tertiary/aromatic N) is 1. The van der Waals surface area contributed by atoms with E-state index in [9.17, 15) is 13.6 Å². The van der Waals surface area contributed by atoms with Crippen molar-refractivity contribution in [2.75, 3.05) is 19.6 Å². The van der Waals surface area contributed by atoms with E-state index in [1.165, 1.54) is 6.07 Å². The minimum atomic E-state index is -0.783. The summed E-state index contributed by atoms with van der Waals surface area (Å²) in [6.45, 7) is 7.76. The van der Waals surface area contributed by atoms with E-state index < -0.39 is 28.6 Å². The molecule has 2 saturated heterocycles. The molecule has 0 aromatic heterocycles. The van der Waals surface area contributed by atoms with E-state index in [4.69, 9.17) is 0 Å². The van der Waals surface area contributed by atoms with Gasteiger partial charge in [0.05, 0.1) is 0 Å². The minimum absolute atomic E-state index is 0.290. The number of nitrogens with one attached hydrogen (secondary N) is 1. The Morgan fingerprint density at radius 2 is 2.05 bits per heavy atom. The molecule has 2 heterocycles. The summed E-state index contributed by atoms with van der Waals surface area (Å²) in [5.41, 5.74) is -0.525. The van der Waals surface area contributed by atoms with Crippen LogP contribution in [-0.2, 0) is 0 Å². The van der Waals surface area contributed by atoms with E-state index in [1.807, 2.05) is 13.8 Å². The lowest BCUT2D eigenvalue weighted by Gasteiger charge is -2.35. The van der Waals surface area contributed by atoms with E-state index in [0.717, 1.165) is 19.2 Å². The highest BCUT2D eigenvalue weighted by molar-refractivity contribution is 5.95. The zero-order chi connectivity index (χ0) is 15.4. The molecule has 2 atom stereocenters. The highest BCUT2D eigenvalue weighted by Crippen LogP contribution is 2.41. The third-order valence-corrected chi connectivity index (χ3v) is 5.10. The van der Waals surface area contributed by atoms with Gasteiger partial charge in [0.1, 0.15) is 17.2 Å². The van der Waals surface area contributed by atoms with Crippen LogP contribution >= 0.6 is 0 Å². The van der Waals surface area contributed by atoms with Gasteiger partial charge >= 0.3 is 0 Å². The second kappa shape index (κ2) is 4.77. The lowest BCUT2D eigenvalue weighted by Crippen LogP contribution is -2.48. The number of hydrogen-bond donors (Lipinski definition) is 1. The van der Waals surface area contributed by atoms with E-state index in [2.05, 4.69) is 5.32 Å². The molecule has 3 nitrogen and oxygen atoms in total. The molecule has 5 heteroatoms. The third-order valence-electron chi connectivity index (χ3n) is 5.10. The van der Waals surface area contributed by atoms with Crippen LogP contribution < -0.4 is 5.32 Å². The zero-order valence-corrected chi connectivity index (χ0v) is 12.5. The van der Waals surface area contributed by atoms with Crippen molar-refractivity contribution >= 4 is 5.91 Å². The monoisotopic (exact) mass is 294 g/mol. The van der Waals surface area contributed by atoms with Crippen molar-refractivity contribution in [3.05, 3.63) is 34.9 Å². The smallest absolute Gasteiger partial charge is 0.260 e. The third kappa shape index (κ3) is 2.06. The molecule has 114 valence electrons. The fourth-order valence-electron chi connectivity index (χ4n) is 3.75. The van der Waals surface area contributed by atoms with Gasteiger partial charge in [-0.2, -0.15) is 0 Å². The quantitative estimate of drug-likeness (QED) is 0.862. The summed E-state index contributed by atoms with van der Waals surface area (Å²) < 4.78 is 28.2. The van der Waals surface area contributed by atoms with Gasteiger partial charge < -0.3 is 10.2 Å². The Morgan fingerprint density at radius 1 is 1.33 bits per heavy atom. The van der Waals surface area contributed by atoms with Crippen LogP contribution in [0.2, 0.25) is 0 Å². The molecule has 0 radical (unpaired) electrons. The fourth-order valence-corrected chi connectivity index (χ4v) is 3.75. The molecule has 2 aliphatic rings. The molecule has 0 aliphatic carbocycles. The van der Waals surface area contributed by atoms with Gasteiger partial charge in [0.2, 0.25) is 0 Å². The minimum Gasteiger partial charge on any atom is -0.333 e. The Kier molecular flexibility index (Phi) is 3.28. The van der Waals surface area contributed by atoms with E-state index >= 15 is 0 Å². The largest absolute Gasteiger partial charge is 0.333 e. The summed E-state index contributed by atoms with van der Waals surface area (Å²) in [4.78, 5) is 14.4. The Bertz CT molecular complexity index is 600. The average Bonchev–Trinajstić information content (AvgIpc) is 2.97. The van der Waals surface area contributed by atoms with Gasteiger partial charge in [-0.3, -0.25) is 4.79 Å². The maximum absolute atomic E-state index is 14.2. The van der Waals surface area contributed by atoms with Crippen LogP contribution in [0.5, 0.6) is 0 Å². The molecule has 0 spiro atoms. The van der Waals surface area contributed by atoms with Crippen LogP contribution in [-0.4, -0.2) is 36.0 Å². The lowest BCUT2D eigenvalue weighted by atomic mass is 9.84. The molecule has 1 aromatic rings. The molecule has 21 heavy (non-hydrogen) atoms. The van der Waals surface area contributed by atoms with Gasteiger partial charge in [0.15, 0.2) is 0 Å². The molecular formula is C16H20F2N2O. The van der Waals surface area contributed by atoms with E-state index in [1.54, 1.807) is 11.8 Å². The maximum Gasteiger partial charge on any atom is 0.260 e. The second-order valence-corrected chi connectivity index (χ2v) is 6.65. The molecule has 1 N–H and O–H groups in total. The Balaban J connectivity index is 1.99. The van der Waals surface area contributed by atoms with Crippen molar-refractivity contribution in [3.63, 3.8) is 0 Å². The highest BCUT2D eigenvalue weighted by atomic mass is 19.1. The van der Waals surface area contributed by atoms with Gasteiger partial charge in [-0.15, -0.1) is 0 Å². The summed E-state index contributed by atoms with van der Waals surface area (Å²) in [6.07, 6.45) is 0. The van der Waals surface area contributed by atoms with Gasteiger partial charge in [-0.05, 0) is 44.2 Å². The summed E-state index contributed by atoms with van der Waals surface area (Å²) in [6, 6.07) is 2.52. The van der Waals surface area contributed by atoms with Crippen molar-refractivity contribution in [1.82, 2.24) is 10.2 Å². The summed E-state index contributed by atoms with van der Waals surface area (Å²) in [5.74, 6) is -1.37. The normalized spacial score (nSPS) is 27.0. The molecular weight excluding hydrogens is 274 g/mol. The van der Waals surface area contributed by atoms with Crippen LogP contribution in [0.4, 0.5) is 8.78 Å². The second-order valence-electron chi connectivity index (χ2n) is 6.65. The van der Waals surface area contributed by atoms with E-state index in [-0.39, 0.29) is 0 Å². The zero-order valence-electron chi connectivity index (χ0n) is 12.5. The number of carbonyl (C=O) groups is 1. The number of rotatable bonds is 1. The number of amides is 1. The number of benzene rings is 1. The van der Waals surface area contributed by atoms with Gasteiger partial charge in [-0.1, -0.05) is 6.07 Å². The first-order chi connectivity index (χ1) is 9.84. The van der Waals surface area contributed by atoms with Gasteiger partial charge in [-0.25, -0.2) is 8.78 Å². The number of aryl methyl sites for hydroxylation is 1. The predicted octanol–water partition coefficient (Wildman–Crippen LogP) is 2.34. The molecule has 1 aromatic carbocycles. The maximum atomic E-state index is 14.2. The molecule has 0 bridgehead atoms. The number of fused-ring (bicyclic) bond motifs is 1. The predicted molar refractivity (Wildman–Crippen MR) is 76.1 cm³/mol. The number of hydrogen-bond acceptors (Lipinski definition) is 2. The van der Waals surface area contributed by atoms with Crippen molar-refractivity contribution in [2.24, 2.45) is 11.8 Å². The first-order valence-corrected chi connectivity index (χ1v) is 7.31. The Morgan fingerprint density at radius 3 is 2.71 bits per heavy atom. The number of halogens is 2. The number of carbonyl (C=O) groups excluding carboxylic acids is 1. The molecule has 1 amide bonds. The van der Waals surface area contributed by atoms with Crippen molar-refractivity contribution in [3.8, 4) is 0 Å². The molecule has 3 rings (SSSR count). The fraction of sp³-hybridized carbons (Fsp3) is 0.562. The average molecular weight is 294 g/mol. The standard InChI is InChI=1S/C16H20F2N2O/c1-9-4-5-12(17)13(14(9)18)15(21)20-8-10-6-19-7-11(10)16(20,2)3/h4-5,10-11,19H,6-8H2,1-3H3. The first kappa shape index (κ1) is 14.4. The van der Waals surface area contributed by atoms with Gasteiger partial charge in [0.25, 0.3) is 5.91 Å². The summed E-state index contributed by atoms with van der Waals surface area (Å²) in [5, 5.41) is 3.32. The Hall–Kier alpha value is -1.49. The topological polar surface area (TPSA) is 32.3 Å². The van der Waals surface area contributed by atoms with Gasteiger partial charge in [0, 0.05) is 25.2 Å². The van der Waals surface area contributed by atoms with Crippen LogP contribution in [0, 0.1) is 30.4 Å². The van der Waals surface area contributed by atoms with Crippen LogP contribution in [0.15, 0.2) is 12.1 Å². The summed E-state index contributed by atoms with van der Waals surface area (Å²) >= 11 is 0. The Labute approximate surface area is 123 Å². The molecule has 0 saturated carbocycles. The molecule has 2 unspecified atom stereocenters. The number of likely N-dealkylation sites (tertiary alicyclic amines) is 1. The van der Waals surface area contributed by atoms with Crippen LogP contribution in [0.25, 0.3) is 0 Å². The first-order valence-electron chi connectivity index (χ1n) is 7.31. The summed E-state index contributed by atoms with van der Waals surface area (Å²) in [7, 11) is 0. The van der Waals surface area contributed by atoms with E-state index in [0.29, 0.717) is 23.9 Å². The highest BCUT2D eigenvalue weighted by Gasteiger charge is 2.51. The molecule has 2 aliphatic heterocycles. The SMILES string of the molecule is Cc1ccc(F)c(C(=O)N2CC3CNCC3C2(C)C)c1F. The molecule has 2 fully saturated rings. The van der Waals surface area contributed by atoms with Crippen LogP contribution in [0.1, 0.15) is 29.8 Å². The van der Waals surface area contributed by atoms with Crippen molar-refractivity contribution in [1.29, 1.82) is 0 Å².